The van der Waals surface area contributed by atoms with Crippen LogP contribution in [-0.2, 0) is 6.42 Å². The third-order valence-electron chi connectivity index (χ3n) is 2.62. The first-order valence-electron chi connectivity index (χ1n) is 5.87. The van der Waals surface area contributed by atoms with E-state index in [0.29, 0.717) is 22.6 Å². The molecule has 1 heterocycles. The number of alkyl halides is 3. The smallest absolute Gasteiger partial charge is 0.406 e. The Balaban J connectivity index is 2.36. The summed E-state index contributed by atoms with van der Waals surface area (Å²) in [5, 5.41) is 8.69. The molecular formula is C14H10F3N3O. The SMILES string of the molecule is N#CCc1nc(-c2cccc(OC(F)(F)F)c2)ccc1N. The van der Waals surface area contributed by atoms with Gasteiger partial charge in [0.15, 0.2) is 0 Å². The van der Waals surface area contributed by atoms with Crippen LogP contribution in [0.2, 0.25) is 0 Å². The van der Waals surface area contributed by atoms with E-state index in [0.717, 1.165) is 0 Å². The maximum Gasteiger partial charge on any atom is 0.573 e. The maximum atomic E-state index is 12.2. The number of nitrogens with two attached hydrogens (primary N) is 1. The van der Waals surface area contributed by atoms with Gasteiger partial charge in [-0.15, -0.1) is 13.2 Å². The Kier molecular flexibility index (Phi) is 3.98. The van der Waals surface area contributed by atoms with Crippen LogP contribution in [0.25, 0.3) is 11.3 Å². The normalized spacial score (nSPS) is 11.0. The zero-order valence-electron chi connectivity index (χ0n) is 10.7. The van der Waals surface area contributed by atoms with Crippen LogP contribution < -0.4 is 10.5 Å². The molecule has 1 aromatic carbocycles. The lowest BCUT2D eigenvalue weighted by Crippen LogP contribution is -2.17. The number of nitriles is 1. The van der Waals surface area contributed by atoms with Gasteiger partial charge in [0.1, 0.15) is 5.75 Å². The number of aromatic nitrogens is 1. The summed E-state index contributed by atoms with van der Waals surface area (Å²) in [6.07, 6.45) is -4.72. The van der Waals surface area contributed by atoms with Gasteiger partial charge in [0, 0.05) is 5.56 Å². The first-order chi connectivity index (χ1) is 9.89. The molecule has 0 aliphatic rings. The molecule has 0 unspecified atom stereocenters. The van der Waals surface area contributed by atoms with Crippen molar-refractivity contribution in [3.63, 3.8) is 0 Å². The molecule has 0 aliphatic heterocycles. The molecule has 0 amide bonds. The van der Waals surface area contributed by atoms with Crippen molar-refractivity contribution in [1.82, 2.24) is 4.98 Å². The third-order valence-corrected chi connectivity index (χ3v) is 2.62. The molecule has 1 aromatic heterocycles. The van der Waals surface area contributed by atoms with Gasteiger partial charge in [-0.05, 0) is 24.3 Å². The Hall–Kier alpha value is -2.75. The molecule has 0 atom stereocenters. The second-order valence-corrected chi connectivity index (χ2v) is 4.14. The summed E-state index contributed by atoms with van der Waals surface area (Å²) in [6, 6.07) is 10.5. The van der Waals surface area contributed by atoms with Crippen molar-refractivity contribution >= 4 is 5.69 Å². The summed E-state index contributed by atoms with van der Waals surface area (Å²) in [4.78, 5) is 4.19. The molecule has 0 bridgehead atoms. The topological polar surface area (TPSA) is 71.9 Å². The highest BCUT2D eigenvalue weighted by molar-refractivity contribution is 5.63. The second kappa shape index (κ2) is 5.71. The zero-order chi connectivity index (χ0) is 15.5. The largest absolute Gasteiger partial charge is 0.573 e. The predicted octanol–water partition coefficient (Wildman–Crippen LogP) is 3.30. The van der Waals surface area contributed by atoms with Gasteiger partial charge in [-0.2, -0.15) is 5.26 Å². The first-order valence-corrected chi connectivity index (χ1v) is 5.87. The number of anilines is 1. The van der Waals surface area contributed by atoms with E-state index in [1.165, 1.54) is 18.2 Å². The Morgan fingerprint density at radius 1 is 1.24 bits per heavy atom. The van der Waals surface area contributed by atoms with Crippen molar-refractivity contribution in [2.24, 2.45) is 0 Å². The minimum atomic E-state index is -4.75. The van der Waals surface area contributed by atoms with E-state index in [9.17, 15) is 13.2 Å². The molecule has 0 spiro atoms. The third kappa shape index (κ3) is 3.86. The van der Waals surface area contributed by atoms with Crippen LogP contribution >= 0.6 is 0 Å². The summed E-state index contributed by atoms with van der Waals surface area (Å²) < 4.78 is 40.5. The fourth-order valence-corrected chi connectivity index (χ4v) is 1.74. The Morgan fingerprint density at radius 3 is 2.67 bits per heavy atom. The highest BCUT2D eigenvalue weighted by Gasteiger charge is 2.31. The van der Waals surface area contributed by atoms with E-state index in [-0.39, 0.29) is 12.2 Å². The van der Waals surface area contributed by atoms with E-state index < -0.39 is 6.36 Å². The average Bonchev–Trinajstić information content (AvgIpc) is 2.40. The van der Waals surface area contributed by atoms with Crippen LogP contribution in [0.1, 0.15) is 5.69 Å². The fraction of sp³-hybridized carbons (Fsp3) is 0.143. The van der Waals surface area contributed by atoms with Crippen LogP contribution in [0.5, 0.6) is 5.75 Å². The molecule has 7 heteroatoms. The average molecular weight is 293 g/mol. The fourth-order valence-electron chi connectivity index (χ4n) is 1.74. The van der Waals surface area contributed by atoms with Gasteiger partial charge in [-0.3, -0.25) is 0 Å². The second-order valence-electron chi connectivity index (χ2n) is 4.14. The monoisotopic (exact) mass is 293 g/mol. The predicted molar refractivity (Wildman–Crippen MR) is 70.1 cm³/mol. The highest BCUT2D eigenvalue weighted by Crippen LogP contribution is 2.28. The number of hydrogen-bond acceptors (Lipinski definition) is 4. The van der Waals surface area contributed by atoms with Gasteiger partial charge >= 0.3 is 6.36 Å². The molecule has 0 aliphatic carbocycles. The van der Waals surface area contributed by atoms with Crippen LogP contribution in [0.3, 0.4) is 0 Å². The molecule has 2 aromatic rings. The zero-order valence-corrected chi connectivity index (χ0v) is 10.7. The van der Waals surface area contributed by atoms with Crippen LogP contribution in [0.15, 0.2) is 36.4 Å². The summed E-state index contributed by atoms with van der Waals surface area (Å²) in [5.41, 5.74) is 7.29. The van der Waals surface area contributed by atoms with Crippen LogP contribution in [-0.4, -0.2) is 11.3 Å². The quantitative estimate of drug-likeness (QED) is 0.942. The van der Waals surface area contributed by atoms with E-state index in [1.807, 2.05) is 6.07 Å². The molecular weight excluding hydrogens is 283 g/mol. The van der Waals surface area contributed by atoms with Crippen molar-refractivity contribution in [2.45, 2.75) is 12.8 Å². The molecule has 2 rings (SSSR count). The number of halogens is 3. The molecule has 0 radical (unpaired) electrons. The van der Waals surface area contributed by atoms with Gasteiger partial charge in [-0.25, -0.2) is 4.98 Å². The number of benzene rings is 1. The lowest BCUT2D eigenvalue weighted by molar-refractivity contribution is -0.274. The van der Waals surface area contributed by atoms with Crippen molar-refractivity contribution in [3.8, 4) is 23.1 Å². The number of hydrogen-bond donors (Lipinski definition) is 1. The molecule has 2 N–H and O–H groups in total. The van der Waals surface area contributed by atoms with Crippen LogP contribution in [0.4, 0.5) is 18.9 Å². The van der Waals surface area contributed by atoms with Crippen LogP contribution in [0, 0.1) is 11.3 Å². The van der Waals surface area contributed by atoms with E-state index in [4.69, 9.17) is 11.0 Å². The minimum Gasteiger partial charge on any atom is -0.406 e. The summed E-state index contributed by atoms with van der Waals surface area (Å²) in [7, 11) is 0. The number of ether oxygens (including phenoxy) is 1. The van der Waals surface area contributed by atoms with Gasteiger partial charge in [0.05, 0.1) is 29.6 Å². The van der Waals surface area contributed by atoms with Gasteiger partial charge in [-0.1, -0.05) is 12.1 Å². The number of nitrogen functional groups attached to an aromatic ring is 1. The lowest BCUT2D eigenvalue weighted by atomic mass is 10.1. The van der Waals surface area contributed by atoms with Crippen molar-refractivity contribution in [1.29, 1.82) is 5.26 Å². The van der Waals surface area contributed by atoms with Gasteiger partial charge in [0.2, 0.25) is 0 Å². The van der Waals surface area contributed by atoms with Crippen molar-refractivity contribution in [3.05, 3.63) is 42.1 Å². The first kappa shape index (κ1) is 14.7. The molecule has 0 saturated heterocycles. The Labute approximate surface area is 118 Å². The molecule has 4 nitrogen and oxygen atoms in total. The summed E-state index contributed by atoms with van der Waals surface area (Å²) in [6.45, 7) is 0. The van der Waals surface area contributed by atoms with Crippen molar-refractivity contribution < 1.29 is 17.9 Å². The Bertz CT molecular complexity index is 693. The highest BCUT2D eigenvalue weighted by atomic mass is 19.4. The van der Waals surface area contributed by atoms with Crippen molar-refractivity contribution in [2.75, 3.05) is 5.73 Å². The molecule has 108 valence electrons. The van der Waals surface area contributed by atoms with E-state index in [1.54, 1.807) is 18.2 Å². The number of pyridine rings is 1. The maximum absolute atomic E-state index is 12.2. The molecule has 0 fully saturated rings. The lowest BCUT2D eigenvalue weighted by Gasteiger charge is -2.10. The Morgan fingerprint density at radius 2 is 2.00 bits per heavy atom. The van der Waals surface area contributed by atoms with E-state index in [2.05, 4.69) is 9.72 Å². The summed E-state index contributed by atoms with van der Waals surface area (Å²) >= 11 is 0. The minimum absolute atomic E-state index is 0.0262. The van der Waals surface area contributed by atoms with E-state index >= 15 is 0 Å². The molecule has 21 heavy (non-hydrogen) atoms. The molecule has 0 saturated carbocycles. The van der Waals surface area contributed by atoms with Gasteiger partial charge in [0.25, 0.3) is 0 Å². The number of nitrogens with zero attached hydrogens (tertiary/aromatic N) is 2. The van der Waals surface area contributed by atoms with Gasteiger partial charge < -0.3 is 10.5 Å². The number of rotatable bonds is 3. The standard InChI is InChI=1S/C14H10F3N3O/c15-14(16,17)21-10-3-1-2-9(8-10)12-5-4-11(19)13(20-12)6-7-18/h1-5,8H,6,19H2. The summed E-state index contributed by atoms with van der Waals surface area (Å²) in [5.74, 6) is -0.333.